The molecule has 4 rings (SSSR count). The molecule has 0 radical (unpaired) electrons. The number of carbonyl (C=O) groups excluding carboxylic acids is 1. The molecule has 140 valence electrons. The van der Waals surface area contributed by atoms with Crippen molar-refractivity contribution in [2.24, 2.45) is 0 Å². The molecule has 4 nitrogen and oxygen atoms in total. The van der Waals surface area contributed by atoms with Crippen LogP contribution in [0.15, 0.2) is 48.5 Å². The van der Waals surface area contributed by atoms with Crippen LogP contribution in [-0.4, -0.2) is 47.0 Å². The van der Waals surface area contributed by atoms with Gasteiger partial charge in [0, 0.05) is 11.1 Å². The van der Waals surface area contributed by atoms with E-state index < -0.39 is 0 Å². The molecule has 27 heavy (non-hydrogen) atoms. The van der Waals surface area contributed by atoms with Crippen molar-refractivity contribution in [1.82, 2.24) is 4.90 Å². The summed E-state index contributed by atoms with van der Waals surface area (Å²) in [6, 6.07) is 17.3. The van der Waals surface area contributed by atoms with E-state index in [0.29, 0.717) is 6.61 Å². The second-order valence-electron chi connectivity index (χ2n) is 8.32. The third kappa shape index (κ3) is 2.66. The van der Waals surface area contributed by atoms with Gasteiger partial charge in [0.2, 0.25) is 6.34 Å². The summed E-state index contributed by atoms with van der Waals surface area (Å²) >= 11 is 0. The van der Waals surface area contributed by atoms with Crippen LogP contribution in [0.25, 0.3) is 11.1 Å². The molecule has 2 aromatic rings. The van der Waals surface area contributed by atoms with Gasteiger partial charge in [0.05, 0.1) is 12.1 Å². The predicted octanol–water partition coefficient (Wildman–Crippen LogP) is 3.63. The van der Waals surface area contributed by atoms with Gasteiger partial charge in [0.1, 0.15) is 6.54 Å². The molecule has 0 saturated carbocycles. The number of carbonyl (C=O) groups is 1. The molecule has 0 fully saturated rings. The fourth-order valence-corrected chi connectivity index (χ4v) is 4.62. The van der Waals surface area contributed by atoms with Gasteiger partial charge in [-0.15, -0.1) is 0 Å². The number of nitrogens with zero attached hydrogens (tertiary/aromatic N) is 2. The molecule has 1 spiro atoms. The Morgan fingerprint density at radius 3 is 2.15 bits per heavy atom. The summed E-state index contributed by atoms with van der Waals surface area (Å²) in [5.41, 5.74) is 4.79. The van der Waals surface area contributed by atoms with E-state index in [1.165, 1.54) is 22.3 Å². The fraction of sp³-hybridized carbons (Fsp3) is 0.391. The summed E-state index contributed by atoms with van der Waals surface area (Å²) in [5, 5.41) is 0. The van der Waals surface area contributed by atoms with Crippen molar-refractivity contribution >= 4 is 12.3 Å². The van der Waals surface area contributed by atoms with Crippen molar-refractivity contribution in [2.75, 3.05) is 19.7 Å². The summed E-state index contributed by atoms with van der Waals surface area (Å²) in [6.45, 7) is 9.93. The zero-order valence-electron chi connectivity index (χ0n) is 16.5. The molecule has 4 heteroatoms. The Hall–Kier alpha value is -2.62. The summed E-state index contributed by atoms with van der Waals surface area (Å²) in [5.74, 6) is -0.181. The average Bonchev–Trinajstić information content (AvgIpc) is 3.14. The van der Waals surface area contributed by atoms with E-state index in [-0.39, 0.29) is 23.6 Å². The lowest BCUT2D eigenvalue weighted by atomic mass is 9.83. The van der Waals surface area contributed by atoms with Crippen molar-refractivity contribution in [3.05, 3.63) is 59.7 Å². The summed E-state index contributed by atoms with van der Waals surface area (Å²) < 4.78 is 7.29. The first-order valence-corrected chi connectivity index (χ1v) is 9.61. The maximum absolute atomic E-state index is 12.1. The van der Waals surface area contributed by atoms with E-state index >= 15 is 0 Å². The third-order valence-electron chi connectivity index (χ3n) is 5.52. The predicted molar refractivity (Wildman–Crippen MR) is 107 cm³/mol. The second-order valence-corrected chi connectivity index (χ2v) is 8.32. The molecule has 2 aliphatic rings. The third-order valence-corrected chi connectivity index (χ3v) is 5.52. The molecule has 0 unspecified atom stereocenters. The van der Waals surface area contributed by atoms with Gasteiger partial charge in [0.15, 0.2) is 12.1 Å². The maximum Gasteiger partial charge on any atom is 0.348 e. The number of esters is 1. The zero-order valence-corrected chi connectivity index (χ0v) is 16.5. The first kappa shape index (κ1) is 17.8. The highest BCUT2D eigenvalue weighted by Gasteiger charge is 2.59. The Labute approximate surface area is 161 Å². The van der Waals surface area contributed by atoms with Crippen molar-refractivity contribution in [3.8, 4) is 11.1 Å². The van der Waals surface area contributed by atoms with E-state index in [4.69, 9.17) is 4.74 Å². The maximum atomic E-state index is 12.1. The first-order valence-electron chi connectivity index (χ1n) is 9.61. The Morgan fingerprint density at radius 1 is 1.07 bits per heavy atom. The average molecular weight is 363 g/mol. The monoisotopic (exact) mass is 363 g/mol. The van der Waals surface area contributed by atoms with Crippen LogP contribution in [0.4, 0.5) is 0 Å². The van der Waals surface area contributed by atoms with Crippen LogP contribution in [0.1, 0.15) is 38.8 Å². The minimum atomic E-state index is -0.294. The van der Waals surface area contributed by atoms with Gasteiger partial charge in [-0.3, -0.25) is 4.58 Å². The molecule has 0 aromatic heterocycles. The molecule has 2 aromatic carbocycles. The number of ether oxygens (including phenoxy) is 1. The largest absolute Gasteiger partial charge is 0.463 e. The second kappa shape index (κ2) is 6.22. The van der Waals surface area contributed by atoms with Crippen molar-refractivity contribution in [2.45, 2.75) is 38.8 Å². The van der Waals surface area contributed by atoms with Crippen molar-refractivity contribution in [3.63, 3.8) is 0 Å². The number of fused-ring (bicyclic) bond motifs is 5. The van der Waals surface area contributed by atoms with Gasteiger partial charge < -0.3 is 4.74 Å². The first-order chi connectivity index (χ1) is 12.9. The highest BCUT2D eigenvalue weighted by Crippen LogP contribution is 2.53. The summed E-state index contributed by atoms with van der Waals surface area (Å²) in [4.78, 5) is 14.6. The lowest BCUT2D eigenvalue weighted by Gasteiger charge is -2.38. The van der Waals surface area contributed by atoms with E-state index in [1.807, 2.05) is 6.92 Å². The van der Waals surface area contributed by atoms with Crippen LogP contribution in [0.2, 0.25) is 0 Å². The van der Waals surface area contributed by atoms with Gasteiger partial charge in [-0.25, -0.2) is 9.69 Å². The number of hydrogen-bond acceptors (Lipinski definition) is 3. The van der Waals surface area contributed by atoms with Crippen LogP contribution >= 0.6 is 0 Å². The molecule has 0 atom stereocenters. The van der Waals surface area contributed by atoms with Gasteiger partial charge in [-0.2, -0.15) is 0 Å². The summed E-state index contributed by atoms with van der Waals surface area (Å²) in [6.07, 6.45) is 2.12. The normalized spacial score (nSPS) is 16.9. The fourth-order valence-electron chi connectivity index (χ4n) is 4.62. The Morgan fingerprint density at radius 2 is 1.63 bits per heavy atom. The van der Waals surface area contributed by atoms with Gasteiger partial charge >= 0.3 is 5.97 Å². The molecular weight excluding hydrogens is 336 g/mol. The van der Waals surface area contributed by atoms with Crippen LogP contribution in [-0.2, 0) is 15.1 Å². The quantitative estimate of drug-likeness (QED) is 0.617. The van der Waals surface area contributed by atoms with Crippen molar-refractivity contribution in [1.29, 1.82) is 0 Å². The standard InChI is InChI=1S/C23H27N2O2/c1-5-27-21(26)14-24-15-23(25(16-24)22(2,3)4)19-12-8-6-10-17(19)18-11-7-9-13-20(18)23/h6-13,16H,5,14-15H2,1-4H3/q+1. The number of benzene rings is 2. The topological polar surface area (TPSA) is 32.6 Å². The van der Waals surface area contributed by atoms with Gasteiger partial charge in [-0.05, 0) is 38.8 Å². The van der Waals surface area contributed by atoms with Gasteiger partial charge in [0.25, 0.3) is 0 Å². The highest BCUT2D eigenvalue weighted by molar-refractivity contribution is 5.83. The minimum absolute atomic E-state index is 0.103. The van der Waals surface area contributed by atoms with Crippen molar-refractivity contribution < 1.29 is 14.1 Å². The molecule has 1 heterocycles. The van der Waals surface area contributed by atoms with Crippen LogP contribution in [0.5, 0.6) is 0 Å². The summed E-state index contributed by atoms with van der Waals surface area (Å²) in [7, 11) is 0. The van der Waals surface area contributed by atoms with E-state index in [1.54, 1.807) is 0 Å². The van der Waals surface area contributed by atoms with Crippen LogP contribution in [0.3, 0.4) is 0 Å². The van der Waals surface area contributed by atoms with E-state index in [0.717, 1.165) is 6.54 Å². The highest BCUT2D eigenvalue weighted by atomic mass is 16.5. The Kier molecular flexibility index (Phi) is 4.10. The number of hydrogen-bond donors (Lipinski definition) is 0. The van der Waals surface area contributed by atoms with Gasteiger partial charge in [-0.1, -0.05) is 48.5 Å². The Bertz CT molecular complexity index is 878. The SMILES string of the molecule is CCOC(=O)C[N+]1=CN(C(C)(C)C)C2(C1)c1ccccc1-c1ccccc12. The zero-order chi connectivity index (χ0) is 19.2. The van der Waals surface area contributed by atoms with E-state index in [2.05, 4.69) is 85.1 Å². The molecule has 1 aliphatic heterocycles. The molecular formula is C23H27N2O2+. The molecule has 0 amide bonds. The van der Waals surface area contributed by atoms with Crippen LogP contribution in [0, 0.1) is 0 Å². The smallest absolute Gasteiger partial charge is 0.348 e. The van der Waals surface area contributed by atoms with Crippen LogP contribution < -0.4 is 0 Å². The molecule has 1 aliphatic carbocycles. The Balaban J connectivity index is 1.87. The molecule has 0 saturated heterocycles. The van der Waals surface area contributed by atoms with E-state index in [9.17, 15) is 4.79 Å². The molecule has 0 bridgehead atoms. The molecule has 0 N–H and O–H groups in total. The minimum Gasteiger partial charge on any atom is -0.463 e. The lowest BCUT2D eigenvalue weighted by molar-refractivity contribution is -0.511. The number of rotatable bonds is 3. The lowest BCUT2D eigenvalue weighted by Crippen LogP contribution is -2.53.